The minimum atomic E-state index is 0.545. The fourth-order valence-electron chi connectivity index (χ4n) is 3.33. The average molecular weight is 349 g/mol. The predicted octanol–water partition coefficient (Wildman–Crippen LogP) is 2.62. The Hall–Kier alpha value is -1.63. The molecule has 2 fully saturated rings. The van der Waals surface area contributed by atoms with Gasteiger partial charge in [0.05, 0.1) is 0 Å². The largest absolute Gasteiger partial charge is 0.365 e. The van der Waals surface area contributed by atoms with Crippen molar-refractivity contribution in [1.82, 2.24) is 15.3 Å². The number of nitrogens with zero attached hydrogens (tertiary/aromatic N) is 4. The first-order valence-corrected chi connectivity index (χ1v) is 9.44. The zero-order chi connectivity index (χ0) is 16.9. The first-order valence-electron chi connectivity index (χ1n) is 9.03. The van der Waals surface area contributed by atoms with Crippen LogP contribution in [0.15, 0.2) is 6.07 Å². The van der Waals surface area contributed by atoms with Crippen molar-refractivity contribution < 1.29 is 0 Å². The number of aromatic nitrogens is 2. The normalized spacial score (nSPS) is 19.2. The van der Waals surface area contributed by atoms with E-state index in [9.17, 15) is 0 Å². The summed E-state index contributed by atoms with van der Waals surface area (Å²) in [6.45, 7) is 6.60. The van der Waals surface area contributed by atoms with Crippen LogP contribution >= 0.6 is 12.2 Å². The molecule has 0 saturated carbocycles. The first kappa shape index (κ1) is 17.2. The summed E-state index contributed by atoms with van der Waals surface area (Å²) < 4.78 is 0. The van der Waals surface area contributed by atoms with Crippen molar-refractivity contribution in [2.45, 2.75) is 39.0 Å². The molecular weight excluding hydrogens is 320 g/mol. The summed E-state index contributed by atoms with van der Waals surface area (Å²) in [7, 11) is 1.80. The third kappa shape index (κ3) is 4.26. The maximum absolute atomic E-state index is 5.22. The molecule has 0 atom stereocenters. The molecule has 6 nitrogen and oxygen atoms in total. The molecule has 24 heavy (non-hydrogen) atoms. The molecule has 0 aromatic carbocycles. The molecule has 1 aromatic rings. The molecule has 0 radical (unpaired) electrons. The number of hydrogen-bond donors (Lipinski definition) is 2. The monoisotopic (exact) mass is 348 g/mol. The zero-order valence-corrected chi connectivity index (χ0v) is 15.5. The van der Waals surface area contributed by atoms with Gasteiger partial charge in [-0.2, -0.15) is 9.97 Å². The van der Waals surface area contributed by atoms with Crippen LogP contribution in [0.4, 0.5) is 17.6 Å². The van der Waals surface area contributed by atoms with Crippen molar-refractivity contribution in [1.29, 1.82) is 0 Å². The Morgan fingerprint density at radius 2 is 1.62 bits per heavy atom. The second kappa shape index (κ2) is 7.96. The summed E-state index contributed by atoms with van der Waals surface area (Å²) in [4.78, 5) is 14.2. The van der Waals surface area contributed by atoms with E-state index in [1.807, 2.05) is 0 Å². The lowest BCUT2D eigenvalue weighted by atomic mass is 9.99. The van der Waals surface area contributed by atoms with Crippen LogP contribution < -0.4 is 20.4 Å². The number of thiocarbonyl (C=S) groups is 1. The van der Waals surface area contributed by atoms with Crippen LogP contribution in [0.5, 0.6) is 0 Å². The number of anilines is 3. The average Bonchev–Trinajstić information content (AvgIpc) is 2.62. The predicted molar refractivity (Wildman–Crippen MR) is 104 cm³/mol. The second-order valence-corrected chi connectivity index (χ2v) is 7.24. The van der Waals surface area contributed by atoms with Gasteiger partial charge >= 0.3 is 0 Å². The van der Waals surface area contributed by atoms with Crippen molar-refractivity contribution in [3.63, 3.8) is 0 Å². The Kier molecular flexibility index (Phi) is 5.71. The third-order valence-electron chi connectivity index (χ3n) is 4.94. The van der Waals surface area contributed by atoms with E-state index in [0.717, 1.165) is 43.7 Å². The summed E-state index contributed by atoms with van der Waals surface area (Å²) in [5.74, 6) is 3.42. The Balaban J connectivity index is 1.85. The van der Waals surface area contributed by atoms with Gasteiger partial charge in [0.15, 0.2) is 5.11 Å². The zero-order valence-electron chi connectivity index (χ0n) is 14.7. The molecule has 132 valence electrons. The second-order valence-electron chi connectivity index (χ2n) is 6.83. The minimum Gasteiger partial charge on any atom is -0.365 e. The summed E-state index contributed by atoms with van der Waals surface area (Å²) >= 11 is 5.22. The first-order chi connectivity index (χ1) is 11.7. The summed E-state index contributed by atoms with van der Waals surface area (Å²) in [5, 5.41) is 6.58. The van der Waals surface area contributed by atoms with Crippen LogP contribution in [-0.4, -0.2) is 48.3 Å². The highest BCUT2D eigenvalue weighted by molar-refractivity contribution is 7.80. The molecule has 0 bridgehead atoms. The maximum atomic E-state index is 5.22. The van der Waals surface area contributed by atoms with E-state index in [0.29, 0.717) is 11.1 Å². The van der Waals surface area contributed by atoms with Crippen molar-refractivity contribution >= 4 is 34.9 Å². The van der Waals surface area contributed by atoms with Gasteiger partial charge in [0.1, 0.15) is 11.6 Å². The number of hydrogen-bond acceptors (Lipinski definition) is 5. The topological polar surface area (TPSA) is 56.3 Å². The standard InChI is InChI=1S/C17H28N6S/c1-13-6-10-23(11-7-13)15-12-14(22-8-4-3-5-9-22)19-16(20-15)21-17(24)18-2/h12-13H,3-11H2,1-2H3,(H2,18,19,20,21,24). The van der Waals surface area contributed by atoms with Crippen molar-refractivity contribution in [3.05, 3.63) is 6.07 Å². The van der Waals surface area contributed by atoms with Gasteiger partial charge in [-0.3, -0.25) is 0 Å². The lowest BCUT2D eigenvalue weighted by molar-refractivity contribution is 0.436. The molecule has 0 amide bonds. The molecule has 2 saturated heterocycles. The molecule has 1 aromatic heterocycles. The highest BCUT2D eigenvalue weighted by atomic mass is 32.1. The van der Waals surface area contributed by atoms with Crippen LogP contribution in [0.3, 0.4) is 0 Å². The van der Waals surface area contributed by atoms with E-state index in [-0.39, 0.29) is 0 Å². The Morgan fingerprint density at radius 3 is 2.21 bits per heavy atom. The lowest BCUT2D eigenvalue weighted by Gasteiger charge is -2.33. The van der Waals surface area contributed by atoms with Crippen LogP contribution in [-0.2, 0) is 0 Å². The van der Waals surface area contributed by atoms with Crippen LogP contribution in [0.25, 0.3) is 0 Å². The Bertz CT molecular complexity index is 564. The molecule has 2 aliphatic rings. The van der Waals surface area contributed by atoms with E-state index in [2.05, 4.69) is 33.4 Å². The molecule has 3 heterocycles. The van der Waals surface area contributed by atoms with E-state index >= 15 is 0 Å². The molecular formula is C17H28N6S. The fraction of sp³-hybridized carbons (Fsp3) is 0.706. The third-order valence-corrected chi connectivity index (χ3v) is 5.25. The molecule has 3 rings (SSSR count). The van der Waals surface area contributed by atoms with E-state index in [1.165, 1.54) is 32.1 Å². The summed E-state index contributed by atoms with van der Waals surface area (Å²) in [6.07, 6.45) is 6.23. The van der Waals surface area contributed by atoms with E-state index in [4.69, 9.17) is 22.2 Å². The quantitative estimate of drug-likeness (QED) is 0.814. The Labute approximate surface area is 150 Å². The summed E-state index contributed by atoms with van der Waals surface area (Å²) in [6, 6.07) is 2.15. The van der Waals surface area contributed by atoms with Gasteiger partial charge < -0.3 is 20.4 Å². The fourth-order valence-corrected chi connectivity index (χ4v) is 3.42. The van der Waals surface area contributed by atoms with Gasteiger partial charge in [-0.25, -0.2) is 0 Å². The van der Waals surface area contributed by atoms with Crippen molar-refractivity contribution in [2.24, 2.45) is 5.92 Å². The van der Waals surface area contributed by atoms with Gasteiger partial charge in [-0.15, -0.1) is 0 Å². The number of rotatable bonds is 3. The molecule has 2 aliphatic heterocycles. The van der Waals surface area contributed by atoms with E-state index in [1.54, 1.807) is 7.05 Å². The molecule has 0 aliphatic carbocycles. The van der Waals surface area contributed by atoms with Gasteiger partial charge in [0.25, 0.3) is 0 Å². The van der Waals surface area contributed by atoms with Crippen LogP contribution in [0.2, 0.25) is 0 Å². The molecule has 0 unspecified atom stereocenters. The van der Waals surface area contributed by atoms with Gasteiger partial charge in [-0.1, -0.05) is 6.92 Å². The van der Waals surface area contributed by atoms with Crippen LogP contribution in [0.1, 0.15) is 39.0 Å². The van der Waals surface area contributed by atoms with Gasteiger partial charge in [-0.05, 0) is 50.2 Å². The van der Waals surface area contributed by atoms with Gasteiger partial charge in [0, 0.05) is 39.3 Å². The Morgan fingerprint density at radius 1 is 1.04 bits per heavy atom. The summed E-state index contributed by atoms with van der Waals surface area (Å²) in [5.41, 5.74) is 0. The van der Waals surface area contributed by atoms with Crippen LogP contribution in [0, 0.1) is 5.92 Å². The lowest BCUT2D eigenvalue weighted by Crippen LogP contribution is -2.35. The number of piperidine rings is 2. The van der Waals surface area contributed by atoms with E-state index < -0.39 is 0 Å². The van der Waals surface area contributed by atoms with Crippen molar-refractivity contribution in [2.75, 3.05) is 48.3 Å². The highest BCUT2D eigenvalue weighted by Gasteiger charge is 2.21. The van der Waals surface area contributed by atoms with Gasteiger partial charge in [0.2, 0.25) is 5.95 Å². The molecule has 0 spiro atoms. The smallest absolute Gasteiger partial charge is 0.232 e. The molecule has 7 heteroatoms. The SMILES string of the molecule is CNC(=S)Nc1nc(N2CCCCC2)cc(N2CCC(C)CC2)n1. The molecule has 2 N–H and O–H groups in total. The number of nitrogens with one attached hydrogen (secondary N) is 2. The maximum Gasteiger partial charge on any atom is 0.232 e. The van der Waals surface area contributed by atoms with Crippen molar-refractivity contribution in [3.8, 4) is 0 Å². The minimum absolute atomic E-state index is 0.545. The highest BCUT2D eigenvalue weighted by Crippen LogP contribution is 2.27.